The lowest BCUT2D eigenvalue weighted by molar-refractivity contribution is -0.137. The number of halogens is 1. The van der Waals surface area contributed by atoms with E-state index >= 15 is 0 Å². The minimum Gasteiger partial charge on any atom is -0.481 e. The zero-order valence-electron chi connectivity index (χ0n) is 19.2. The van der Waals surface area contributed by atoms with Crippen molar-refractivity contribution in [3.63, 3.8) is 0 Å². The molecule has 0 aliphatic heterocycles. The van der Waals surface area contributed by atoms with Crippen LogP contribution in [0.4, 0.5) is 10.5 Å². The van der Waals surface area contributed by atoms with Gasteiger partial charge in [0, 0.05) is 30.1 Å². The lowest BCUT2D eigenvalue weighted by Crippen LogP contribution is -2.41. The van der Waals surface area contributed by atoms with Crippen LogP contribution in [0.5, 0.6) is 0 Å². The van der Waals surface area contributed by atoms with Gasteiger partial charge in [0.2, 0.25) is 0 Å². The lowest BCUT2D eigenvalue weighted by atomic mass is 9.98. The SMILES string of the molecule is Cc1ccc(N(CCBr)CCOS(C)(=O)=O)cc1C[C@H](CC(=O)O)NC(=O)OC(C)(C)C. The molecular formula is C21H33BrN2O7S. The van der Waals surface area contributed by atoms with Crippen LogP contribution in [0.3, 0.4) is 0 Å². The van der Waals surface area contributed by atoms with E-state index in [4.69, 9.17) is 8.92 Å². The van der Waals surface area contributed by atoms with E-state index in [2.05, 4.69) is 21.2 Å². The summed E-state index contributed by atoms with van der Waals surface area (Å²) in [7, 11) is -3.53. The molecule has 0 aromatic heterocycles. The zero-order valence-corrected chi connectivity index (χ0v) is 21.6. The number of hydrogen-bond donors (Lipinski definition) is 2. The second-order valence-corrected chi connectivity index (χ2v) is 10.9. The molecule has 1 amide bonds. The standard InChI is InChI=1S/C21H33BrN2O7S/c1-15-6-7-18(24(9-8-22)10-11-30-32(5,28)29)13-16(15)12-17(14-19(25)26)23-20(27)31-21(2,3)4/h6-7,13,17H,8-12,14H2,1-5H3,(H,23,27)(H,25,26)/t17-/m1/s1. The number of carbonyl (C=O) groups is 2. The predicted molar refractivity (Wildman–Crippen MR) is 127 cm³/mol. The van der Waals surface area contributed by atoms with Crippen LogP contribution in [0.25, 0.3) is 0 Å². The number of carboxylic acids is 1. The summed E-state index contributed by atoms with van der Waals surface area (Å²) in [6.07, 6.45) is 0.381. The first-order valence-electron chi connectivity index (χ1n) is 10.2. The molecule has 32 heavy (non-hydrogen) atoms. The van der Waals surface area contributed by atoms with Gasteiger partial charge in [0.15, 0.2) is 0 Å². The molecule has 0 saturated carbocycles. The Morgan fingerprint density at radius 3 is 2.44 bits per heavy atom. The van der Waals surface area contributed by atoms with E-state index in [1.165, 1.54) is 0 Å². The van der Waals surface area contributed by atoms with Crippen LogP contribution in [0, 0.1) is 6.92 Å². The van der Waals surface area contributed by atoms with Gasteiger partial charge in [0.25, 0.3) is 10.1 Å². The number of nitrogens with one attached hydrogen (secondary N) is 1. The first-order chi connectivity index (χ1) is 14.7. The van der Waals surface area contributed by atoms with Crippen LogP contribution in [0.2, 0.25) is 0 Å². The summed E-state index contributed by atoms with van der Waals surface area (Å²) in [5.74, 6) is -1.03. The Kier molecular flexibility index (Phi) is 10.9. The second-order valence-electron chi connectivity index (χ2n) is 8.46. The summed E-state index contributed by atoms with van der Waals surface area (Å²) >= 11 is 3.40. The van der Waals surface area contributed by atoms with E-state index in [1.54, 1.807) is 20.8 Å². The van der Waals surface area contributed by atoms with Gasteiger partial charge in [0.05, 0.1) is 19.3 Å². The fourth-order valence-corrected chi connectivity index (χ4v) is 3.78. The molecule has 0 aliphatic rings. The molecule has 1 aromatic rings. The molecule has 0 saturated heterocycles. The Labute approximate surface area is 198 Å². The number of ether oxygens (including phenoxy) is 1. The molecule has 0 aliphatic carbocycles. The number of rotatable bonds is 12. The van der Waals surface area contributed by atoms with Crippen LogP contribution >= 0.6 is 15.9 Å². The highest BCUT2D eigenvalue weighted by atomic mass is 79.9. The molecule has 182 valence electrons. The minimum atomic E-state index is -3.53. The van der Waals surface area contributed by atoms with Crippen molar-refractivity contribution in [1.82, 2.24) is 5.32 Å². The monoisotopic (exact) mass is 536 g/mol. The average molecular weight is 537 g/mol. The summed E-state index contributed by atoms with van der Waals surface area (Å²) in [6, 6.07) is 5.09. The van der Waals surface area contributed by atoms with Gasteiger partial charge < -0.3 is 20.1 Å². The maximum atomic E-state index is 12.2. The number of anilines is 1. The quantitative estimate of drug-likeness (QED) is 0.308. The molecule has 1 atom stereocenters. The number of alkyl halides is 1. The minimum absolute atomic E-state index is 0.0108. The number of carboxylic acid groups (broad SMARTS) is 1. The first-order valence-corrected chi connectivity index (χ1v) is 13.1. The summed E-state index contributed by atoms with van der Waals surface area (Å²) in [5.41, 5.74) is 1.96. The highest BCUT2D eigenvalue weighted by molar-refractivity contribution is 9.09. The van der Waals surface area contributed by atoms with E-state index in [0.717, 1.165) is 23.1 Å². The van der Waals surface area contributed by atoms with Crippen molar-refractivity contribution in [2.45, 2.75) is 52.2 Å². The summed E-state index contributed by atoms with van der Waals surface area (Å²) in [5, 5.41) is 12.6. The Morgan fingerprint density at radius 1 is 1.25 bits per heavy atom. The Hall–Kier alpha value is -1.85. The average Bonchev–Trinajstić information content (AvgIpc) is 2.59. The van der Waals surface area contributed by atoms with Gasteiger partial charge in [-0.3, -0.25) is 8.98 Å². The number of aryl methyl sites for hydroxylation is 1. The first kappa shape index (κ1) is 28.2. The number of alkyl carbamates (subject to hydrolysis) is 1. The highest BCUT2D eigenvalue weighted by Gasteiger charge is 2.22. The van der Waals surface area contributed by atoms with Crippen LogP contribution in [-0.4, -0.2) is 68.5 Å². The Morgan fingerprint density at radius 2 is 1.91 bits per heavy atom. The van der Waals surface area contributed by atoms with Crippen molar-refractivity contribution < 1.29 is 32.0 Å². The molecule has 1 aromatic carbocycles. The van der Waals surface area contributed by atoms with Crippen molar-refractivity contribution in [3.05, 3.63) is 29.3 Å². The Balaban J connectivity index is 3.04. The topological polar surface area (TPSA) is 122 Å². The molecule has 0 fully saturated rings. The number of nitrogens with zero attached hydrogens (tertiary/aromatic N) is 1. The third-order valence-corrected chi connectivity index (χ3v) is 5.27. The Bertz CT molecular complexity index is 885. The van der Waals surface area contributed by atoms with Crippen LogP contribution in [-0.2, 0) is 30.3 Å². The number of carbonyl (C=O) groups excluding carboxylic acids is 1. The normalized spacial score (nSPS) is 12.8. The van der Waals surface area contributed by atoms with Gasteiger partial charge in [-0.2, -0.15) is 8.42 Å². The van der Waals surface area contributed by atoms with E-state index in [9.17, 15) is 23.1 Å². The van der Waals surface area contributed by atoms with Gasteiger partial charge in [-0.25, -0.2) is 4.79 Å². The number of aliphatic carboxylic acids is 1. The molecule has 1 rings (SSSR count). The zero-order chi connectivity index (χ0) is 24.5. The third kappa shape index (κ3) is 11.7. The molecule has 0 radical (unpaired) electrons. The van der Waals surface area contributed by atoms with E-state index in [1.807, 2.05) is 30.0 Å². The van der Waals surface area contributed by atoms with Crippen molar-refractivity contribution in [2.75, 3.05) is 36.2 Å². The maximum absolute atomic E-state index is 12.2. The van der Waals surface area contributed by atoms with E-state index < -0.39 is 33.8 Å². The number of hydrogen-bond acceptors (Lipinski definition) is 7. The smallest absolute Gasteiger partial charge is 0.407 e. The molecular weight excluding hydrogens is 504 g/mol. The fourth-order valence-electron chi connectivity index (χ4n) is 2.97. The van der Waals surface area contributed by atoms with Crippen molar-refractivity contribution >= 4 is 43.8 Å². The highest BCUT2D eigenvalue weighted by Crippen LogP contribution is 2.22. The van der Waals surface area contributed by atoms with Crippen LogP contribution in [0.1, 0.15) is 38.3 Å². The van der Waals surface area contributed by atoms with Gasteiger partial charge in [-0.1, -0.05) is 22.0 Å². The van der Waals surface area contributed by atoms with E-state index in [0.29, 0.717) is 24.8 Å². The van der Waals surface area contributed by atoms with E-state index in [-0.39, 0.29) is 13.0 Å². The third-order valence-electron chi connectivity index (χ3n) is 4.32. The van der Waals surface area contributed by atoms with Crippen molar-refractivity contribution in [3.8, 4) is 0 Å². The van der Waals surface area contributed by atoms with Gasteiger partial charge in [-0.05, 0) is 57.4 Å². The molecule has 2 N–H and O–H groups in total. The molecule has 0 unspecified atom stereocenters. The van der Waals surface area contributed by atoms with Crippen LogP contribution < -0.4 is 10.2 Å². The summed E-state index contributed by atoms with van der Waals surface area (Å²) in [4.78, 5) is 25.5. The fraction of sp³-hybridized carbons (Fsp3) is 0.619. The molecule has 9 nitrogen and oxygen atoms in total. The van der Waals surface area contributed by atoms with Gasteiger partial charge in [-0.15, -0.1) is 0 Å². The largest absolute Gasteiger partial charge is 0.481 e. The second kappa shape index (κ2) is 12.4. The predicted octanol–water partition coefficient (Wildman–Crippen LogP) is 3.08. The van der Waals surface area contributed by atoms with Crippen LogP contribution in [0.15, 0.2) is 18.2 Å². The van der Waals surface area contributed by atoms with Crippen molar-refractivity contribution in [1.29, 1.82) is 0 Å². The van der Waals surface area contributed by atoms with Gasteiger partial charge in [0.1, 0.15) is 5.60 Å². The number of benzene rings is 1. The lowest BCUT2D eigenvalue weighted by Gasteiger charge is -2.26. The maximum Gasteiger partial charge on any atom is 0.407 e. The summed E-state index contributed by atoms with van der Waals surface area (Å²) < 4.78 is 32.6. The molecule has 11 heteroatoms. The molecule has 0 bridgehead atoms. The number of amides is 1. The van der Waals surface area contributed by atoms with Gasteiger partial charge >= 0.3 is 12.1 Å². The molecule has 0 heterocycles. The van der Waals surface area contributed by atoms with Crippen molar-refractivity contribution in [2.24, 2.45) is 0 Å². The summed E-state index contributed by atoms with van der Waals surface area (Å²) in [6.45, 7) is 8.10. The molecule has 0 spiro atoms.